The van der Waals surface area contributed by atoms with Gasteiger partial charge in [-0.2, -0.15) is 0 Å². The second-order valence-corrected chi connectivity index (χ2v) is 8.95. The molecule has 0 fully saturated rings. The molecule has 0 aliphatic carbocycles. The van der Waals surface area contributed by atoms with Crippen molar-refractivity contribution < 1.29 is 0 Å². The third-order valence-corrected chi connectivity index (χ3v) is 7.11. The molecule has 0 amide bonds. The summed E-state index contributed by atoms with van der Waals surface area (Å²) >= 11 is 0.166. The number of fused-ring (bicyclic) bond motifs is 4. The van der Waals surface area contributed by atoms with Crippen molar-refractivity contribution >= 4 is 45.7 Å². The van der Waals surface area contributed by atoms with E-state index in [-0.39, 0.29) is 20.4 Å². The quantitative estimate of drug-likeness (QED) is 0.325. The first-order valence-corrected chi connectivity index (χ1v) is 10.1. The first-order valence-electron chi connectivity index (χ1n) is 8.40. The van der Waals surface area contributed by atoms with E-state index in [1.165, 1.54) is 14.5 Å². The molecule has 3 heterocycles. The number of hydrogen-bond acceptors (Lipinski definition) is 2. The topological polar surface area (TPSA) is 34.9 Å². The van der Waals surface area contributed by atoms with Gasteiger partial charge in [-0.3, -0.25) is 0 Å². The molecular weight excluding hydrogens is 375 g/mol. The van der Waals surface area contributed by atoms with Crippen molar-refractivity contribution in [3.8, 4) is 5.82 Å². The summed E-state index contributed by atoms with van der Waals surface area (Å²) in [6.07, 6.45) is 1.84. The standard InChI is InChI=1S/C21H16N2OSe/c1-12(2)13-8-9-14-16(11-13)23-19-15(20(14)24)5-3-6-17(19)25-18-7-4-10-22-21(18)23/h3-12H,1-2H3. The molecule has 4 aromatic rings. The Kier molecular flexibility index (Phi) is 3.15. The second kappa shape index (κ2) is 5.29. The summed E-state index contributed by atoms with van der Waals surface area (Å²) in [6, 6.07) is 16.4. The average Bonchev–Trinajstić information content (AvgIpc) is 2.64. The Morgan fingerprint density at radius 1 is 1.00 bits per heavy atom. The van der Waals surface area contributed by atoms with Crippen LogP contribution in [-0.4, -0.2) is 24.5 Å². The Labute approximate surface area is 151 Å². The summed E-state index contributed by atoms with van der Waals surface area (Å²) in [5.74, 6) is 1.38. The number of para-hydroxylation sites is 1. The predicted octanol–water partition coefficient (Wildman–Crippen LogP) is 2.63. The zero-order valence-corrected chi connectivity index (χ0v) is 15.7. The Balaban J connectivity index is 2.08. The molecule has 0 saturated heterocycles. The van der Waals surface area contributed by atoms with Crippen molar-refractivity contribution in [3.05, 3.63) is 70.5 Å². The van der Waals surface area contributed by atoms with Crippen LogP contribution < -0.4 is 14.4 Å². The van der Waals surface area contributed by atoms with Gasteiger partial charge >= 0.3 is 151 Å². The van der Waals surface area contributed by atoms with Crippen LogP contribution in [0.15, 0.2) is 59.5 Å². The third-order valence-electron chi connectivity index (χ3n) is 4.82. The molecule has 0 bridgehead atoms. The number of rotatable bonds is 1. The Hall–Kier alpha value is -2.42. The van der Waals surface area contributed by atoms with Crippen LogP contribution in [0.5, 0.6) is 0 Å². The van der Waals surface area contributed by atoms with Gasteiger partial charge in [0.2, 0.25) is 0 Å². The molecule has 2 aromatic carbocycles. The van der Waals surface area contributed by atoms with Crippen molar-refractivity contribution in [3.63, 3.8) is 0 Å². The molecule has 25 heavy (non-hydrogen) atoms. The van der Waals surface area contributed by atoms with Gasteiger partial charge in [-0.25, -0.2) is 0 Å². The van der Waals surface area contributed by atoms with Crippen LogP contribution in [0.2, 0.25) is 0 Å². The van der Waals surface area contributed by atoms with E-state index in [1.54, 1.807) is 0 Å². The maximum atomic E-state index is 13.1. The van der Waals surface area contributed by atoms with E-state index in [2.05, 4.69) is 47.7 Å². The van der Waals surface area contributed by atoms with Gasteiger partial charge in [0.15, 0.2) is 0 Å². The fraction of sp³-hybridized carbons (Fsp3) is 0.143. The molecule has 122 valence electrons. The van der Waals surface area contributed by atoms with Crippen molar-refractivity contribution in [2.24, 2.45) is 0 Å². The van der Waals surface area contributed by atoms with Crippen LogP contribution in [-0.2, 0) is 0 Å². The Bertz CT molecular complexity index is 1220. The molecule has 2 aromatic heterocycles. The van der Waals surface area contributed by atoms with Crippen LogP contribution in [0, 0.1) is 0 Å². The van der Waals surface area contributed by atoms with Gasteiger partial charge in [-0.1, -0.05) is 0 Å². The molecule has 0 unspecified atom stereocenters. The summed E-state index contributed by atoms with van der Waals surface area (Å²) in [5, 5.41) is 1.56. The van der Waals surface area contributed by atoms with E-state index in [1.807, 2.05) is 30.5 Å². The summed E-state index contributed by atoms with van der Waals surface area (Å²) in [6.45, 7) is 4.36. The molecule has 0 spiro atoms. The normalized spacial score (nSPS) is 12.8. The average molecular weight is 391 g/mol. The minimum absolute atomic E-state index is 0.119. The Morgan fingerprint density at radius 3 is 2.68 bits per heavy atom. The van der Waals surface area contributed by atoms with Crippen LogP contribution in [0.3, 0.4) is 0 Å². The number of hydrogen-bond donors (Lipinski definition) is 0. The third kappa shape index (κ3) is 2.05. The van der Waals surface area contributed by atoms with Gasteiger partial charge < -0.3 is 0 Å². The zero-order valence-electron chi connectivity index (χ0n) is 14.0. The van der Waals surface area contributed by atoms with Crippen molar-refractivity contribution in [2.45, 2.75) is 19.8 Å². The van der Waals surface area contributed by atoms with E-state index in [9.17, 15) is 4.79 Å². The van der Waals surface area contributed by atoms with E-state index in [4.69, 9.17) is 0 Å². The van der Waals surface area contributed by atoms with E-state index in [0.717, 1.165) is 27.6 Å². The van der Waals surface area contributed by atoms with Gasteiger partial charge in [-0.05, 0) is 0 Å². The first kappa shape index (κ1) is 14.9. The minimum atomic E-state index is 0.119. The number of nitrogens with zero attached hydrogens (tertiary/aromatic N) is 2. The number of pyridine rings is 2. The number of benzene rings is 2. The monoisotopic (exact) mass is 392 g/mol. The molecule has 0 saturated carbocycles. The second-order valence-electron chi connectivity index (χ2n) is 6.68. The van der Waals surface area contributed by atoms with Crippen molar-refractivity contribution in [1.82, 2.24) is 9.55 Å². The summed E-state index contributed by atoms with van der Waals surface area (Å²) in [4.78, 5) is 17.8. The summed E-state index contributed by atoms with van der Waals surface area (Å²) in [5.41, 5.74) is 3.35. The van der Waals surface area contributed by atoms with Crippen LogP contribution in [0.1, 0.15) is 25.3 Å². The maximum absolute atomic E-state index is 13.1. The Morgan fingerprint density at radius 2 is 1.84 bits per heavy atom. The first-order chi connectivity index (χ1) is 12.1. The predicted molar refractivity (Wildman–Crippen MR) is 104 cm³/mol. The summed E-state index contributed by atoms with van der Waals surface area (Å²) in [7, 11) is 0. The molecule has 5 rings (SSSR count). The molecule has 0 radical (unpaired) electrons. The SMILES string of the molecule is CC(C)c1ccc2c(=O)c3cccc4c3n(c2c1)-c1ncccc1[Se]4. The van der Waals surface area contributed by atoms with Gasteiger partial charge in [0.05, 0.1) is 0 Å². The molecule has 1 aliphatic rings. The van der Waals surface area contributed by atoms with Gasteiger partial charge in [-0.15, -0.1) is 0 Å². The summed E-state index contributed by atoms with van der Waals surface area (Å²) < 4.78 is 4.71. The fourth-order valence-corrected chi connectivity index (χ4v) is 5.77. The molecule has 0 atom stereocenters. The van der Waals surface area contributed by atoms with Crippen LogP contribution in [0.4, 0.5) is 0 Å². The van der Waals surface area contributed by atoms with Crippen molar-refractivity contribution in [1.29, 1.82) is 0 Å². The van der Waals surface area contributed by atoms with E-state index >= 15 is 0 Å². The molecule has 0 N–H and O–H groups in total. The van der Waals surface area contributed by atoms with E-state index in [0.29, 0.717) is 5.92 Å². The molecular formula is C21H16N2OSe. The zero-order chi connectivity index (χ0) is 17.1. The van der Waals surface area contributed by atoms with E-state index < -0.39 is 0 Å². The van der Waals surface area contributed by atoms with Crippen LogP contribution >= 0.6 is 0 Å². The molecule has 4 heteroatoms. The van der Waals surface area contributed by atoms with Gasteiger partial charge in [0, 0.05) is 0 Å². The number of aromatic nitrogens is 2. The molecule has 1 aliphatic heterocycles. The van der Waals surface area contributed by atoms with Crippen molar-refractivity contribution in [2.75, 3.05) is 0 Å². The van der Waals surface area contributed by atoms with Gasteiger partial charge in [0.1, 0.15) is 0 Å². The molecule has 3 nitrogen and oxygen atoms in total. The fourth-order valence-electron chi connectivity index (χ4n) is 3.54. The van der Waals surface area contributed by atoms with Gasteiger partial charge in [0.25, 0.3) is 0 Å². The van der Waals surface area contributed by atoms with Crippen LogP contribution in [0.25, 0.3) is 27.6 Å².